The molecule has 0 saturated carbocycles. The zero-order valence-electron chi connectivity index (χ0n) is 18.2. The molecule has 0 bridgehead atoms. The quantitative estimate of drug-likeness (QED) is 0.332. The molecular formula is C27H22ClNO5. The maximum Gasteiger partial charge on any atom is 0.306 e. The van der Waals surface area contributed by atoms with Crippen LogP contribution in [0.2, 0.25) is 5.02 Å². The molecule has 1 unspecified atom stereocenters. The number of Topliss-reactive ketones (excluding diaryl/α,β-unsaturated/α-hetero) is 1. The summed E-state index contributed by atoms with van der Waals surface area (Å²) in [7, 11) is 0. The van der Waals surface area contributed by atoms with Crippen LogP contribution in [-0.4, -0.2) is 40.1 Å². The van der Waals surface area contributed by atoms with Gasteiger partial charge in [-0.2, -0.15) is 0 Å². The molecule has 0 fully saturated rings. The number of rotatable bonds is 9. The molecule has 1 atom stereocenters. The minimum atomic E-state index is -1.08. The third-order valence-electron chi connectivity index (χ3n) is 5.98. The van der Waals surface area contributed by atoms with E-state index in [9.17, 15) is 24.3 Å². The highest BCUT2D eigenvalue weighted by atomic mass is 35.5. The van der Waals surface area contributed by atoms with Gasteiger partial charge < -0.3 is 5.11 Å². The van der Waals surface area contributed by atoms with Gasteiger partial charge in [0.15, 0.2) is 5.78 Å². The normalized spacial score (nSPS) is 13.6. The number of nitrogens with zero attached hydrogens (tertiary/aromatic N) is 1. The van der Waals surface area contributed by atoms with Crippen molar-refractivity contribution in [3.05, 3.63) is 94.5 Å². The Balaban J connectivity index is 1.35. The fraction of sp³-hybridized carbons (Fsp3) is 0.185. The van der Waals surface area contributed by atoms with E-state index in [2.05, 4.69) is 0 Å². The predicted octanol–water partition coefficient (Wildman–Crippen LogP) is 5.36. The summed E-state index contributed by atoms with van der Waals surface area (Å²) in [6.07, 6.45) is 0.320. The number of halogens is 1. The molecule has 1 N–H and O–H groups in total. The molecule has 1 heterocycles. The molecule has 0 aromatic heterocycles. The molecule has 6 nitrogen and oxygen atoms in total. The minimum absolute atomic E-state index is 0.111. The number of imide groups is 1. The molecular weight excluding hydrogens is 454 g/mol. The van der Waals surface area contributed by atoms with E-state index >= 15 is 0 Å². The average Bonchev–Trinajstić information content (AvgIpc) is 3.09. The number of hydrogen-bond acceptors (Lipinski definition) is 4. The third-order valence-corrected chi connectivity index (χ3v) is 6.23. The van der Waals surface area contributed by atoms with Crippen LogP contribution in [0.25, 0.3) is 11.1 Å². The Labute approximate surface area is 201 Å². The standard InChI is InChI=1S/C27H22ClNO5/c28-21-13-11-18(12-14-21)17-7-9-19(10-8-17)24(30)16-20(27(33)34)4-3-15-29-25(31)22-5-1-2-6-23(22)26(29)32/h1-2,5-14,20H,3-4,15-16H2,(H,33,34). The second kappa shape index (κ2) is 10.0. The van der Waals surface area contributed by atoms with Crippen molar-refractivity contribution >= 4 is 35.2 Å². The van der Waals surface area contributed by atoms with Gasteiger partial charge >= 0.3 is 5.97 Å². The van der Waals surface area contributed by atoms with Crippen LogP contribution in [0.3, 0.4) is 0 Å². The van der Waals surface area contributed by atoms with Gasteiger partial charge in [0.25, 0.3) is 11.8 Å². The summed E-state index contributed by atoms with van der Waals surface area (Å²) >= 11 is 5.92. The van der Waals surface area contributed by atoms with E-state index in [0.29, 0.717) is 28.1 Å². The molecule has 0 spiro atoms. The summed E-state index contributed by atoms with van der Waals surface area (Å²) in [5.74, 6) is -2.99. The number of fused-ring (bicyclic) bond motifs is 1. The Hall–Kier alpha value is -3.77. The molecule has 0 saturated heterocycles. The van der Waals surface area contributed by atoms with Crippen molar-refractivity contribution in [3.63, 3.8) is 0 Å². The van der Waals surface area contributed by atoms with Crippen LogP contribution in [0.4, 0.5) is 0 Å². The number of ketones is 1. The lowest BCUT2D eigenvalue weighted by atomic mass is 9.93. The second-order valence-electron chi connectivity index (χ2n) is 8.20. The highest BCUT2D eigenvalue weighted by Gasteiger charge is 2.35. The molecule has 2 amide bonds. The summed E-state index contributed by atoms with van der Waals surface area (Å²) < 4.78 is 0. The largest absolute Gasteiger partial charge is 0.481 e. The molecule has 34 heavy (non-hydrogen) atoms. The van der Waals surface area contributed by atoms with E-state index in [0.717, 1.165) is 16.0 Å². The van der Waals surface area contributed by atoms with Gasteiger partial charge in [-0.1, -0.05) is 60.1 Å². The highest BCUT2D eigenvalue weighted by Crippen LogP contribution is 2.25. The van der Waals surface area contributed by atoms with Crippen LogP contribution in [-0.2, 0) is 4.79 Å². The fourth-order valence-electron chi connectivity index (χ4n) is 4.08. The molecule has 3 aromatic carbocycles. The lowest BCUT2D eigenvalue weighted by Gasteiger charge is -2.16. The Morgan fingerprint density at radius 2 is 1.35 bits per heavy atom. The van der Waals surface area contributed by atoms with Gasteiger partial charge in [0.1, 0.15) is 0 Å². The van der Waals surface area contributed by atoms with Crippen molar-refractivity contribution in [3.8, 4) is 11.1 Å². The first-order valence-corrected chi connectivity index (χ1v) is 11.3. The zero-order valence-corrected chi connectivity index (χ0v) is 19.0. The number of hydrogen-bond donors (Lipinski definition) is 1. The topological polar surface area (TPSA) is 91.8 Å². The second-order valence-corrected chi connectivity index (χ2v) is 8.63. The zero-order chi connectivity index (χ0) is 24.2. The number of carboxylic acid groups (broad SMARTS) is 1. The molecule has 172 valence electrons. The first-order valence-electron chi connectivity index (χ1n) is 10.9. The van der Waals surface area contributed by atoms with Crippen molar-refractivity contribution in [2.45, 2.75) is 19.3 Å². The first-order chi connectivity index (χ1) is 16.3. The number of amides is 2. The van der Waals surface area contributed by atoms with Gasteiger partial charge in [0.05, 0.1) is 17.0 Å². The van der Waals surface area contributed by atoms with Crippen molar-refractivity contribution in [2.75, 3.05) is 6.54 Å². The Morgan fingerprint density at radius 1 is 0.824 bits per heavy atom. The number of carbonyl (C=O) groups is 4. The summed E-state index contributed by atoms with van der Waals surface area (Å²) in [4.78, 5) is 50.5. The lowest BCUT2D eigenvalue weighted by Crippen LogP contribution is -2.31. The average molecular weight is 476 g/mol. The Kier molecular flexibility index (Phi) is 6.89. The molecule has 0 aliphatic carbocycles. The molecule has 7 heteroatoms. The molecule has 1 aliphatic rings. The van der Waals surface area contributed by atoms with Crippen LogP contribution in [0.5, 0.6) is 0 Å². The van der Waals surface area contributed by atoms with E-state index in [1.807, 2.05) is 24.3 Å². The Morgan fingerprint density at radius 3 is 1.88 bits per heavy atom. The SMILES string of the molecule is O=C(CC(CCCN1C(=O)c2ccccc2C1=O)C(=O)O)c1ccc(-c2ccc(Cl)cc2)cc1. The summed E-state index contributed by atoms with van der Waals surface area (Å²) in [5.41, 5.74) is 3.03. The van der Waals surface area contributed by atoms with Crippen LogP contribution in [0.15, 0.2) is 72.8 Å². The van der Waals surface area contributed by atoms with Crippen LogP contribution < -0.4 is 0 Å². The van der Waals surface area contributed by atoms with E-state index in [1.165, 1.54) is 0 Å². The molecule has 3 aromatic rings. The number of benzene rings is 3. The van der Waals surface area contributed by atoms with E-state index < -0.39 is 11.9 Å². The maximum absolute atomic E-state index is 12.7. The smallest absolute Gasteiger partial charge is 0.306 e. The van der Waals surface area contributed by atoms with Gasteiger partial charge in [-0.3, -0.25) is 24.1 Å². The van der Waals surface area contributed by atoms with Crippen LogP contribution in [0, 0.1) is 5.92 Å². The van der Waals surface area contributed by atoms with Crippen molar-refractivity contribution in [1.29, 1.82) is 0 Å². The van der Waals surface area contributed by atoms with Crippen molar-refractivity contribution in [1.82, 2.24) is 4.90 Å². The first kappa shape index (κ1) is 23.4. The van der Waals surface area contributed by atoms with Gasteiger partial charge in [-0.15, -0.1) is 0 Å². The minimum Gasteiger partial charge on any atom is -0.481 e. The number of aliphatic carboxylic acids is 1. The van der Waals surface area contributed by atoms with Gasteiger partial charge in [-0.05, 0) is 48.2 Å². The van der Waals surface area contributed by atoms with Crippen LogP contribution >= 0.6 is 11.6 Å². The maximum atomic E-state index is 12.7. The lowest BCUT2D eigenvalue weighted by molar-refractivity contribution is -0.141. The highest BCUT2D eigenvalue weighted by molar-refractivity contribution is 6.30. The van der Waals surface area contributed by atoms with E-state index in [4.69, 9.17) is 11.6 Å². The van der Waals surface area contributed by atoms with E-state index in [-0.39, 0.29) is 37.0 Å². The van der Waals surface area contributed by atoms with E-state index in [1.54, 1.807) is 48.5 Å². The number of carboxylic acids is 1. The monoisotopic (exact) mass is 475 g/mol. The fourth-order valence-corrected chi connectivity index (χ4v) is 4.21. The van der Waals surface area contributed by atoms with Crippen molar-refractivity contribution < 1.29 is 24.3 Å². The van der Waals surface area contributed by atoms with Gasteiger partial charge in [0, 0.05) is 23.6 Å². The molecule has 0 radical (unpaired) electrons. The van der Waals surface area contributed by atoms with Gasteiger partial charge in [0.2, 0.25) is 0 Å². The summed E-state index contributed by atoms with van der Waals surface area (Å²) in [5, 5.41) is 10.2. The van der Waals surface area contributed by atoms with Crippen molar-refractivity contribution in [2.24, 2.45) is 5.92 Å². The molecule has 4 rings (SSSR count). The molecule has 1 aliphatic heterocycles. The summed E-state index contributed by atoms with van der Waals surface area (Å²) in [6.45, 7) is 0.111. The summed E-state index contributed by atoms with van der Waals surface area (Å²) in [6, 6.07) is 20.9. The predicted molar refractivity (Wildman–Crippen MR) is 128 cm³/mol. The van der Waals surface area contributed by atoms with Gasteiger partial charge in [-0.25, -0.2) is 0 Å². The Bertz CT molecular complexity index is 1220. The van der Waals surface area contributed by atoms with Crippen LogP contribution in [0.1, 0.15) is 50.3 Å². The number of carbonyl (C=O) groups excluding carboxylic acids is 3. The third kappa shape index (κ3) is 4.92.